The Morgan fingerprint density at radius 3 is 3.04 bits per heavy atom. The number of aryl methyl sites for hydroxylation is 1. The molecule has 1 aromatic heterocycles. The number of benzene rings is 1. The molecule has 2 aromatic rings. The summed E-state index contributed by atoms with van der Waals surface area (Å²) in [5.74, 6) is 0.650. The summed E-state index contributed by atoms with van der Waals surface area (Å²) >= 11 is 0. The molecule has 1 N–H and O–H groups in total. The Morgan fingerprint density at radius 2 is 2.32 bits per heavy atom. The van der Waals surface area contributed by atoms with Crippen molar-refractivity contribution in [1.29, 1.82) is 0 Å². The second kappa shape index (κ2) is 8.11. The van der Waals surface area contributed by atoms with Crippen LogP contribution in [0.1, 0.15) is 6.42 Å². The predicted octanol–water partition coefficient (Wildman–Crippen LogP) is 1.63. The molecule has 0 spiro atoms. The SMILES string of the molecule is Cn1cc(-c2cccc(OCCNC(=O)CN3CC[C@H](F)C3)c2)cn1. The number of carbonyl (C=O) groups excluding carboxylic acids is 1. The second-order valence-electron chi connectivity index (χ2n) is 6.25. The molecule has 25 heavy (non-hydrogen) atoms. The van der Waals surface area contributed by atoms with Crippen LogP contribution in [0.3, 0.4) is 0 Å². The molecule has 3 rings (SSSR count). The maximum atomic E-state index is 13.1. The zero-order chi connectivity index (χ0) is 17.6. The summed E-state index contributed by atoms with van der Waals surface area (Å²) in [4.78, 5) is 13.6. The lowest BCUT2D eigenvalue weighted by Crippen LogP contribution is -2.37. The van der Waals surface area contributed by atoms with E-state index in [-0.39, 0.29) is 12.5 Å². The van der Waals surface area contributed by atoms with Gasteiger partial charge in [0, 0.05) is 31.9 Å². The summed E-state index contributed by atoms with van der Waals surface area (Å²) in [5, 5.41) is 6.97. The van der Waals surface area contributed by atoms with Crippen molar-refractivity contribution in [2.45, 2.75) is 12.6 Å². The third-order valence-corrected chi connectivity index (χ3v) is 4.15. The van der Waals surface area contributed by atoms with Gasteiger partial charge in [-0.1, -0.05) is 12.1 Å². The molecule has 1 aliphatic rings. The number of rotatable bonds is 7. The van der Waals surface area contributed by atoms with Gasteiger partial charge in [-0.05, 0) is 24.1 Å². The van der Waals surface area contributed by atoms with Crippen LogP contribution in [0.2, 0.25) is 0 Å². The first-order valence-corrected chi connectivity index (χ1v) is 8.45. The minimum absolute atomic E-state index is 0.0955. The summed E-state index contributed by atoms with van der Waals surface area (Å²) in [6.45, 7) is 2.05. The average molecular weight is 346 g/mol. The Kier molecular flexibility index (Phi) is 5.65. The van der Waals surface area contributed by atoms with Crippen molar-refractivity contribution in [3.63, 3.8) is 0 Å². The van der Waals surface area contributed by atoms with E-state index >= 15 is 0 Å². The Morgan fingerprint density at radius 1 is 1.44 bits per heavy atom. The molecule has 2 heterocycles. The van der Waals surface area contributed by atoms with Gasteiger partial charge in [0.1, 0.15) is 18.5 Å². The predicted molar refractivity (Wildman–Crippen MR) is 93.1 cm³/mol. The van der Waals surface area contributed by atoms with Gasteiger partial charge in [-0.2, -0.15) is 5.10 Å². The Balaban J connectivity index is 1.41. The van der Waals surface area contributed by atoms with Crippen LogP contribution in [0.5, 0.6) is 5.75 Å². The number of alkyl halides is 1. The summed E-state index contributed by atoms with van der Waals surface area (Å²) < 4.78 is 20.5. The molecule has 1 fully saturated rings. The average Bonchev–Trinajstić information content (AvgIpc) is 3.20. The van der Waals surface area contributed by atoms with E-state index < -0.39 is 6.17 Å². The van der Waals surface area contributed by atoms with E-state index in [4.69, 9.17) is 4.74 Å². The number of ether oxygens (including phenoxy) is 1. The molecule has 1 saturated heterocycles. The molecule has 0 bridgehead atoms. The third-order valence-electron chi connectivity index (χ3n) is 4.15. The molecular weight excluding hydrogens is 323 g/mol. The normalized spacial score (nSPS) is 17.6. The number of nitrogens with one attached hydrogen (secondary N) is 1. The van der Waals surface area contributed by atoms with Crippen LogP contribution in [0.4, 0.5) is 4.39 Å². The van der Waals surface area contributed by atoms with Gasteiger partial charge in [0.25, 0.3) is 0 Å². The molecule has 1 atom stereocenters. The fraction of sp³-hybridized carbons (Fsp3) is 0.444. The van der Waals surface area contributed by atoms with Crippen molar-refractivity contribution < 1.29 is 13.9 Å². The highest BCUT2D eigenvalue weighted by molar-refractivity contribution is 5.78. The van der Waals surface area contributed by atoms with E-state index in [0.29, 0.717) is 32.7 Å². The van der Waals surface area contributed by atoms with Gasteiger partial charge in [-0.3, -0.25) is 14.4 Å². The van der Waals surface area contributed by atoms with Crippen LogP contribution < -0.4 is 10.1 Å². The van der Waals surface area contributed by atoms with Crippen LogP contribution in [0.15, 0.2) is 36.7 Å². The maximum Gasteiger partial charge on any atom is 0.234 e. The van der Waals surface area contributed by atoms with Crippen molar-refractivity contribution >= 4 is 5.91 Å². The highest BCUT2D eigenvalue weighted by atomic mass is 19.1. The van der Waals surface area contributed by atoms with Gasteiger partial charge < -0.3 is 10.1 Å². The fourth-order valence-corrected chi connectivity index (χ4v) is 2.88. The highest BCUT2D eigenvalue weighted by Gasteiger charge is 2.23. The first kappa shape index (κ1) is 17.4. The minimum Gasteiger partial charge on any atom is -0.492 e. The number of amides is 1. The second-order valence-corrected chi connectivity index (χ2v) is 6.25. The lowest BCUT2D eigenvalue weighted by atomic mass is 10.1. The fourth-order valence-electron chi connectivity index (χ4n) is 2.88. The number of hydrogen-bond acceptors (Lipinski definition) is 4. The monoisotopic (exact) mass is 346 g/mol. The standard InChI is InChI=1S/C18H23FN4O2/c1-22-11-15(10-21-22)14-3-2-4-17(9-14)25-8-6-20-18(24)13-23-7-5-16(19)12-23/h2-4,9-11,16H,5-8,12-13H2,1H3,(H,20,24)/t16-/m0/s1. The van der Waals surface area contributed by atoms with Crippen molar-refractivity contribution in [2.24, 2.45) is 7.05 Å². The van der Waals surface area contributed by atoms with Gasteiger partial charge >= 0.3 is 0 Å². The molecule has 7 heteroatoms. The van der Waals surface area contributed by atoms with E-state index in [2.05, 4.69) is 10.4 Å². The first-order chi connectivity index (χ1) is 12.1. The van der Waals surface area contributed by atoms with Crippen molar-refractivity contribution in [3.05, 3.63) is 36.7 Å². The Hall–Kier alpha value is -2.41. The van der Waals surface area contributed by atoms with Gasteiger partial charge in [0.05, 0.1) is 19.3 Å². The first-order valence-electron chi connectivity index (χ1n) is 8.45. The van der Waals surface area contributed by atoms with Crippen LogP contribution in [-0.2, 0) is 11.8 Å². The maximum absolute atomic E-state index is 13.1. The molecule has 1 aromatic carbocycles. The Labute approximate surface area is 146 Å². The molecule has 134 valence electrons. The quantitative estimate of drug-likeness (QED) is 0.774. The van der Waals surface area contributed by atoms with Crippen LogP contribution in [0.25, 0.3) is 11.1 Å². The van der Waals surface area contributed by atoms with E-state index in [1.807, 2.05) is 42.4 Å². The van der Waals surface area contributed by atoms with Crippen molar-refractivity contribution in [1.82, 2.24) is 20.0 Å². The number of carbonyl (C=O) groups is 1. The van der Waals surface area contributed by atoms with E-state index in [0.717, 1.165) is 16.9 Å². The zero-order valence-electron chi connectivity index (χ0n) is 14.3. The number of nitrogens with zero attached hydrogens (tertiary/aromatic N) is 3. The lowest BCUT2D eigenvalue weighted by molar-refractivity contribution is -0.122. The van der Waals surface area contributed by atoms with E-state index in [1.165, 1.54) is 0 Å². The van der Waals surface area contributed by atoms with Gasteiger partial charge in [0.15, 0.2) is 0 Å². The smallest absolute Gasteiger partial charge is 0.234 e. The van der Waals surface area contributed by atoms with Crippen LogP contribution in [0, 0.1) is 0 Å². The topological polar surface area (TPSA) is 59.4 Å². The van der Waals surface area contributed by atoms with Crippen LogP contribution >= 0.6 is 0 Å². The molecule has 0 radical (unpaired) electrons. The van der Waals surface area contributed by atoms with E-state index in [1.54, 1.807) is 10.9 Å². The summed E-state index contributed by atoms with van der Waals surface area (Å²) in [7, 11) is 1.88. The summed E-state index contributed by atoms with van der Waals surface area (Å²) in [6, 6.07) is 7.76. The zero-order valence-corrected chi connectivity index (χ0v) is 14.3. The Bertz CT molecular complexity index is 719. The molecule has 0 aliphatic carbocycles. The lowest BCUT2D eigenvalue weighted by Gasteiger charge is -2.14. The molecular formula is C18H23FN4O2. The largest absolute Gasteiger partial charge is 0.492 e. The van der Waals surface area contributed by atoms with Gasteiger partial charge in [0.2, 0.25) is 5.91 Å². The molecule has 0 unspecified atom stereocenters. The molecule has 1 amide bonds. The van der Waals surface area contributed by atoms with E-state index in [9.17, 15) is 9.18 Å². The molecule has 1 aliphatic heterocycles. The van der Waals surface area contributed by atoms with Gasteiger partial charge in [-0.15, -0.1) is 0 Å². The molecule has 6 nitrogen and oxygen atoms in total. The number of halogens is 1. The molecule has 0 saturated carbocycles. The number of likely N-dealkylation sites (tertiary alicyclic amines) is 1. The minimum atomic E-state index is -0.803. The van der Waals surface area contributed by atoms with Crippen molar-refractivity contribution in [2.75, 3.05) is 32.8 Å². The number of hydrogen-bond donors (Lipinski definition) is 1. The van der Waals surface area contributed by atoms with Crippen molar-refractivity contribution in [3.8, 4) is 16.9 Å². The number of aromatic nitrogens is 2. The third kappa shape index (κ3) is 5.03. The summed E-state index contributed by atoms with van der Waals surface area (Å²) in [5.41, 5.74) is 2.06. The summed E-state index contributed by atoms with van der Waals surface area (Å²) in [6.07, 6.45) is 3.46. The van der Waals surface area contributed by atoms with Crippen LogP contribution in [-0.4, -0.2) is 59.5 Å². The highest BCUT2D eigenvalue weighted by Crippen LogP contribution is 2.23. The van der Waals surface area contributed by atoms with Gasteiger partial charge in [-0.25, -0.2) is 4.39 Å².